The summed E-state index contributed by atoms with van der Waals surface area (Å²) in [5.74, 6) is 1.28. The second-order valence-electron chi connectivity index (χ2n) is 8.57. The van der Waals surface area contributed by atoms with Crippen LogP contribution in [0.15, 0.2) is 24.3 Å². The summed E-state index contributed by atoms with van der Waals surface area (Å²) in [6.45, 7) is 0.431. The lowest BCUT2D eigenvalue weighted by Crippen LogP contribution is -2.53. The molecule has 2 heterocycles. The van der Waals surface area contributed by atoms with Gasteiger partial charge in [-0.2, -0.15) is 0 Å². The normalized spacial score (nSPS) is 26.1. The molecule has 3 aliphatic rings. The van der Waals surface area contributed by atoms with Crippen LogP contribution in [0.5, 0.6) is 0 Å². The van der Waals surface area contributed by atoms with Crippen LogP contribution < -0.4 is 5.32 Å². The van der Waals surface area contributed by atoms with Crippen LogP contribution in [0, 0.1) is 11.8 Å². The van der Waals surface area contributed by atoms with E-state index in [1.54, 1.807) is 30.9 Å². The minimum Gasteiger partial charge on any atom is -0.354 e. The Bertz CT molecular complexity index is 820. The Morgan fingerprint density at radius 1 is 1.23 bits per heavy atom. The average Bonchev–Trinajstić information content (AvgIpc) is 3.50. The van der Waals surface area contributed by atoms with Crippen molar-refractivity contribution < 1.29 is 19.1 Å². The van der Waals surface area contributed by atoms with Crippen molar-refractivity contribution in [3.8, 4) is 0 Å². The number of carbonyl (C=O) groups excluding carboxylic acids is 2. The van der Waals surface area contributed by atoms with Gasteiger partial charge in [0, 0.05) is 37.8 Å². The van der Waals surface area contributed by atoms with Crippen molar-refractivity contribution in [2.45, 2.75) is 44.1 Å². The third kappa shape index (κ3) is 4.73. The molecule has 3 atom stereocenters. The second-order valence-corrected chi connectivity index (χ2v) is 10.1. The highest BCUT2D eigenvalue weighted by Gasteiger charge is 2.46. The standard InChI is InChI=1S/C23H30N2O4S2/c1-28-23(29-2)17-12-31-13-25(17)22(27)21-20(19(30)11-24-21)18(26)8-7-14-9-15-5-3-4-6-16(15)10-14/h3-6,14,17,20-21,23-24H,7-13H2,1-2H3/t17-,20?,21-/m0/s1. The summed E-state index contributed by atoms with van der Waals surface area (Å²) in [6, 6.07) is 7.76. The van der Waals surface area contributed by atoms with Gasteiger partial charge in [-0.05, 0) is 36.3 Å². The predicted molar refractivity (Wildman–Crippen MR) is 125 cm³/mol. The average molecular weight is 463 g/mol. The Balaban J connectivity index is 1.38. The maximum Gasteiger partial charge on any atom is 0.241 e. The highest BCUT2D eigenvalue weighted by Crippen LogP contribution is 2.32. The van der Waals surface area contributed by atoms with Crippen LogP contribution in [-0.2, 0) is 31.9 Å². The van der Waals surface area contributed by atoms with E-state index in [9.17, 15) is 9.59 Å². The first-order chi connectivity index (χ1) is 15.0. The molecule has 2 fully saturated rings. The molecule has 1 aromatic carbocycles. The SMILES string of the molecule is COC(OC)[C@@H]1CSCN1C(=O)[C@H]1NCC(=S)C1C(=O)CCC1Cc2ccccc2C1. The molecule has 0 saturated carbocycles. The second kappa shape index (κ2) is 10.1. The molecule has 2 saturated heterocycles. The first-order valence-electron chi connectivity index (χ1n) is 10.8. The van der Waals surface area contributed by atoms with Crippen molar-refractivity contribution in [1.82, 2.24) is 10.2 Å². The number of fused-ring (bicyclic) bond motifs is 1. The molecule has 1 N–H and O–H groups in total. The summed E-state index contributed by atoms with van der Waals surface area (Å²) < 4.78 is 10.8. The van der Waals surface area contributed by atoms with Crippen molar-refractivity contribution in [2.24, 2.45) is 11.8 Å². The van der Waals surface area contributed by atoms with Crippen LogP contribution in [-0.4, -0.2) is 72.2 Å². The molecule has 1 unspecified atom stereocenters. The van der Waals surface area contributed by atoms with Crippen LogP contribution in [0.1, 0.15) is 24.0 Å². The number of amides is 1. The predicted octanol–water partition coefficient (Wildman–Crippen LogP) is 2.23. The number of thioether (sulfide) groups is 1. The number of Topliss-reactive ketones (excluding diaryl/α,β-unsaturated/α-hetero) is 1. The number of rotatable bonds is 8. The molecule has 8 heteroatoms. The maximum atomic E-state index is 13.4. The van der Waals surface area contributed by atoms with Crippen molar-refractivity contribution in [1.29, 1.82) is 0 Å². The van der Waals surface area contributed by atoms with Crippen molar-refractivity contribution in [3.63, 3.8) is 0 Å². The minimum atomic E-state index is -0.587. The van der Waals surface area contributed by atoms with Gasteiger partial charge in [0.2, 0.25) is 5.91 Å². The first-order valence-corrected chi connectivity index (χ1v) is 12.4. The number of hydrogen-bond acceptors (Lipinski definition) is 7. The summed E-state index contributed by atoms with van der Waals surface area (Å²) in [5.41, 5.74) is 2.80. The van der Waals surface area contributed by atoms with E-state index in [1.165, 1.54) is 11.1 Å². The molecule has 31 heavy (non-hydrogen) atoms. The molecular weight excluding hydrogens is 432 g/mol. The number of nitrogens with one attached hydrogen (secondary N) is 1. The van der Waals surface area contributed by atoms with Crippen LogP contribution in [0.4, 0.5) is 0 Å². The van der Waals surface area contributed by atoms with E-state index < -0.39 is 18.2 Å². The molecule has 0 aromatic heterocycles. The molecule has 1 aliphatic carbocycles. The van der Waals surface area contributed by atoms with E-state index >= 15 is 0 Å². The largest absolute Gasteiger partial charge is 0.354 e. The van der Waals surface area contributed by atoms with Gasteiger partial charge in [0.05, 0.1) is 17.8 Å². The van der Waals surface area contributed by atoms with E-state index in [0.717, 1.165) is 25.0 Å². The maximum absolute atomic E-state index is 13.4. The van der Waals surface area contributed by atoms with E-state index in [-0.39, 0.29) is 17.7 Å². The quantitative estimate of drug-likeness (QED) is 0.469. The Hall–Kier alpha value is -1.32. The van der Waals surface area contributed by atoms with Gasteiger partial charge in [-0.3, -0.25) is 9.59 Å². The van der Waals surface area contributed by atoms with E-state index in [2.05, 4.69) is 29.6 Å². The van der Waals surface area contributed by atoms with Crippen LogP contribution >= 0.6 is 24.0 Å². The Labute approximate surface area is 193 Å². The highest BCUT2D eigenvalue weighted by atomic mass is 32.2. The zero-order valence-corrected chi connectivity index (χ0v) is 19.7. The summed E-state index contributed by atoms with van der Waals surface area (Å²) in [7, 11) is 3.16. The smallest absolute Gasteiger partial charge is 0.241 e. The molecule has 1 aromatic rings. The van der Waals surface area contributed by atoms with Gasteiger partial charge in [0.1, 0.15) is 11.8 Å². The van der Waals surface area contributed by atoms with E-state index in [1.807, 2.05) is 0 Å². The van der Waals surface area contributed by atoms with E-state index in [4.69, 9.17) is 21.7 Å². The number of thiocarbonyl (C=S) groups is 1. The summed E-state index contributed by atoms with van der Waals surface area (Å²) in [4.78, 5) is 29.0. The van der Waals surface area contributed by atoms with Crippen molar-refractivity contribution >= 4 is 40.5 Å². The summed E-state index contributed by atoms with van der Waals surface area (Å²) >= 11 is 7.18. The zero-order chi connectivity index (χ0) is 22.0. The number of ketones is 1. The van der Waals surface area contributed by atoms with Crippen molar-refractivity contribution in [2.75, 3.05) is 32.4 Å². The lowest BCUT2D eigenvalue weighted by atomic mass is 9.89. The number of nitrogens with zero attached hydrogens (tertiary/aromatic N) is 1. The molecule has 0 bridgehead atoms. The van der Waals surface area contributed by atoms with Gasteiger partial charge in [-0.1, -0.05) is 36.5 Å². The minimum absolute atomic E-state index is 0.0828. The van der Waals surface area contributed by atoms with Crippen LogP contribution in [0.3, 0.4) is 0 Å². The molecular formula is C23H30N2O4S2. The molecule has 1 amide bonds. The highest BCUT2D eigenvalue weighted by molar-refractivity contribution is 7.99. The number of methoxy groups -OCH3 is 2. The first kappa shape index (κ1) is 22.9. The van der Waals surface area contributed by atoms with Gasteiger partial charge >= 0.3 is 0 Å². The third-order valence-electron chi connectivity index (χ3n) is 6.71. The fourth-order valence-electron chi connectivity index (χ4n) is 5.07. The topological polar surface area (TPSA) is 67.9 Å². The fourth-order valence-corrected chi connectivity index (χ4v) is 6.62. The van der Waals surface area contributed by atoms with Gasteiger partial charge in [-0.25, -0.2) is 0 Å². The lowest BCUT2D eigenvalue weighted by Gasteiger charge is -2.32. The molecule has 168 valence electrons. The monoisotopic (exact) mass is 462 g/mol. The van der Waals surface area contributed by atoms with Crippen LogP contribution in [0.2, 0.25) is 0 Å². The summed E-state index contributed by atoms with van der Waals surface area (Å²) in [6.07, 6.45) is 2.88. The van der Waals surface area contributed by atoms with Gasteiger partial charge in [0.15, 0.2) is 6.29 Å². The molecule has 0 radical (unpaired) electrons. The van der Waals surface area contributed by atoms with Gasteiger partial charge in [-0.15, -0.1) is 11.8 Å². The summed E-state index contributed by atoms with van der Waals surface area (Å²) in [5, 5.41) is 3.21. The van der Waals surface area contributed by atoms with Crippen LogP contribution in [0.25, 0.3) is 0 Å². The van der Waals surface area contributed by atoms with Crippen molar-refractivity contribution in [3.05, 3.63) is 35.4 Å². The molecule has 6 nitrogen and oxygen atoms in total. The number of ether oxygens (including phenoxy) is 2. The number of benzene rings is 1. The zero-order valence-electron chi connectivity index (χ0n) is 18.0. The Morgan fingerprint density at radius 3 is 2.55 bits per heavy atom. The lowest BCUT2D eigenvalue weighted by molar-refractivity contribution is -0.157. The fraction of sp³-hybridized carbons (Fsp3) is 0.609. The van der Waals surface area contributed by atoms with Gasteiger partial charge in [0.25, 0.3) is 0 Å². The Morgan fingerprint density at radius 2 is 1.90 bits per heavy atom. The number of carbonyl (C=O) groups is 2. The number of hydrogen-bond donors (Lipinski definition) is 1. The van der Waals surface area contributed by atoms with Gasteiger partial charge < -0.3 is 19.7 Å². The van der Waals surface area contributed by atoms with E-state index in [0.29, 0.717) is 29.6 Å². The molecule has 4 rings (SSSR count). The Kier molecular flexibility index (Phi) is 7.44. The third-order valence-corrected chi connectivity index (χ3v) is 8.14. The molecule has 2 aliphatic heterocycles. The molecule has 0 spiro atoms.